The highest BCUT2D eigenvalue weighted by Crippen LogP contribution is 2.27. The molecular formula is C21H32O. The van der Waals surface area contributed by atoms with Crippen LogP contribution in [0.15, 0.2) is 42.0 Å². The number of hydrogen-bond donors (Lipinski definition) is 0. The zero-order chi connectivity index (χ0) is 16.8. The molecule has 0 spiro atoms. The van der Waals surface area contributed by atoms with Gasteiger partial charge in [-0.3, -0.25) is 0 Å². The molecule has 0 bridgehead atoms. The molecule has 0 aliphatic heterocycles. The van der Waals surface area contributed by atoms with Crippen molar-refractivity contribution in [3.63, 3.8) is 0 Å². The van der Waals surface area contributed by atoms with E-state index in [4.69, 9.17) is 4.74 Å². The van der Waals surface area contributed by atoms with E-state index >= 15 is 0 Å². The van der Waals surface area contributed by atoms with Gasteiger partial charge in [0, 0.05) is 0 Å². The molecule has 1 nitrogen and oxygen atoms in total. The Morgan fingerprint density at radius 3 is 2.00 bits per heavy atom. The first kappa shape index (κ1) is 18.5. The molecule has 1 aromatic carbocycles. The second kappa shape index (κ2) is 7.67. The van der Waals surface area contributed by atoms with Gasteiger partial charge < -0.3 is 4.74 Å². The standard InChI is InChI=1S/C21H32O/c1-20(2,3)14-8-9-18(16-21(4,5)6)15-17-10-12-19(22-7)13-11-17/h8-13,15H,14,16H2,1-7H3. The molecule has 0 unspecified atom stereocenters. The summed E-state index contributed by atoms with van der Waals surface area (Å²) in [5, 5.41) is 0. The fourth-order valence-electron chi connectivity index (χ4n) is 2.25. The molecule has 1 rings (SSSR count). The van der Waals surface area contributed by atoms with Crippen molar-refractivity contribution >= 4 is 6.08 Å². The predicted octanol–water partition coefficient (Wildman–Crippen LogP) is 6.51. The SMILES string of the molecule is COc1ccc(C=C(C=CCC(C)(C)C)CC(C)(C)C)cc1. The van der Waals surface area contributed by atoms with Crippen LogP contribution in [0.5, 0.6) is 5.75 Å². The van der Waals surface area contributed by atoms with Gasteiger partial charge in [-0.1, -0.05) is 71.9 Å². The minimum Gasteiger partial charge on any atom is -0.497 e. The lowest BCUT2D eigenvalue weighted by molar-refractivity contribution is 0.412. The molecule has 0 amide bonds. The van der Waals surface area contributed by atoms with Crippen LogP contribution in [0.3, 0.4) is 0 Å². The number of allylic oxidation sites excluding steroid dienone is 3. The first-order valence-electron chi connectivity index (χ1n) is 8.10. The zero-order valence-corrected chi connectivity index (χ0v) is 15.4. The smallest absolute Gasteiger partial charge is 0.118 e. The Morgan fingerprint density at radius 1 is 0.955 bits per heavy atom. The lowest BCUT2D eigenvalue weighted by atomic mass is 9.86. The Labute approximate surface area is 137 Å². The number of rotatable bonds is 5. The van der Waals surface area contributed by atoms with Crippen LogP contribution in [0.1, 0.15) is 59.9 Å². The van der Waals surface area contributed by atoms with Crippen molar-refractivity contribution < 1.29 is 4.74 Å². The number of benzene rings is 1. The zero-order valence-electron chi connectivity index (χ0n) is 15.4. The van der Waals surface area contributed by atoms with Gasteiger partial charge in [0.05, 0.1) is 7.11 Å². The lowest BCUT2D eigenvalue weighted by Crippen LogP contribution is -2.06. The third kappa shape index (κ3) is 8.07. The van der Waals surface area contributed by atoms with Crippen molar-refractivity contribution in [1.82, 2.24) is 0 Å². The van der Waals surface area contributed by atoms with Gasteiger partial charge in [0.25, 0.3) is 0 Å². The van der Waals surface area contributed by atoms with E-state index in [1.165, 1.54) is 11.1 Å². The molecule has 0 saturated carbocycles. The first-order valence-corrected chi connectivity index (χ1v) is 8.10. The van der Waals surface area contributed by atoms with Crippen molar-refractivity contribution in [2.24, 2.45) is 10.8 Å². The highest BCUT2D eigenvalue weighted by Gasteiger charge is 2.12. The first-order chi connectivity index (χ1) is 10.1. The number of ether oxygens (including phenoxy) is 1. The van der Waals surface area contributed by atoms with E-state index in [0.717, 1.165) is 18.6 Å². The maximum absolute atomic E-state index is 5.22. The molecule has 0 N–H and O–H groups in total. The van der Waals surface area contributed by atoms with E-state index in [2.05, 4.69) is 71.9 Å². The summed E-state index contributed by atoms with van der Waals surface area (Å²) in [6.45, 7) is 13.7. The maximum atomic E-state index is 5.22. The van der Waals surface area contributed by atoms with Crippen molar-refractivity contribution in [2.75, 3.05) is 7.11 Å². The number of hydrogen-bond acceptors (Lipinski definition) is 1. The summed E-state index contributed by atoms with van der Waals surface area (Å²) in [6.07, 6.45) is 9.04. The van der Waals surface area contributed by atoms with Crippen LogP contribution in [0.4, 0.5) is 0 Å². The molecule has 0 heterocycles. The van der Waals surface area contributed by atoms with Crippen LogP contribution >= 0.6 is 0 Å². The molecule has 1 aromatic rings. The van der Waals surface area contributed by atoms with Crippen molar-refractivity contribution in [1.29, 1.82) is 0 Å². The highest BCUT2D eigenvalue weighted by molar-refractivity contribution is 5.56. The highest BCUT2D eigenvalue weighted by atomic mass is 16.5. The molecule has 0 aliphatic carbocycles. The van der Waals surface area contributed by atoms with Gasteiger partial charge in [-0.25, -0.2) is 0 Å². The van der Waals surface area contributed by atoms with Crippen LogP contribution < -0.4 is 4.74 Å². The van der Waals surface area contributed by atoms with E-state index in [1.807, 2.05) is 12.1 Å². The van der Waals surface area contributed by atoms with Gasteiger partial charge in [0.1, 0.15) is 5.75 Å². The quantitative estimate of drug-likeness (QED) is 0.563. The van der Waals surface area contributed by atoms with E-state index in [0.29, 0.717) is 5.41 Å². The third-order valence-electron chi connectivity index (χ3n) is 3.26. The minimum absolute atomic E-state index is 0.282. The van der Waals surface area contributed by atoms with Crippen molar-refractivity contribution in [3.8, 4) is 5.75 Å². The van der Waals surface area contributed by atoms with Gasteiger partial charge in [-0.2, -0.15) is 0 Å². The van der Waals surface area contributed by atoms with Gasteiger partial charge in [0.2, 0.25) is 0 Å². The van der Waals surface area contributed by atoms with Gasteiger partial charge in [0.15, 0.2) is 0 Å². The van der Waals surface area contributed by atoms with Crippen molar-refractivity contribution in [3.05, 3.63) is 47.6 Å². The van der Waals surface area contributed by atoms with Gasteiger partial charge in [-0.15, -0.1) is 0 Å². The van der Waals surface area contributed by atoms with Crippen LogP contribution in [0.2, 0.25) is 0 Å². The minimum atomic E-state index is 0.282. The molecule has 0 aromatic heterocycles. The summed E-state index contributed by atoms with van der Waals surface area (Å²) in [5.41, 5.74) is 3.22. The summed E-state index contributed by atoms with van der Waals surface area (Å²) in [6, 6.07) is 8.25. The van der Waals surface area contributed by atoms with Gasteiger partial charge in [-0.05, 0) is 46.9 Å². The summed E-state index contributed by atoms with van der Waals surface area (Å²) in [7, 11) is 1.70. The summed E-state index contributed by atoms with van der Waals surface area (Å²) < 4.78 is 5.22. The molecule has 22 heavy (non-hydrogen) atoms. The lowest BCUT2D eigenvalue weighted by Gasteiger charge is -2.20. The Kier molecular flexibility index (Phi) is 6.47. The predicted molar refractivity (Wildman–Crippen MR) is 98.3 cm³/mol. The number of methoxy groups -OCH3 is 1. The Hall–Kier alpha value is -1.50. The normalized spacial score (nSPS) is 13.7. The van der Waals surface area contributed by atoms with Gasteiger partial charge >= 0.3 is 0 Å². The maximum Gasteiger partial charge on any atom is 0.118 e. The fourth-order valence-corrected chi connectivity index (χ4v) is 2.25. The molecular weight excluding hydrogens is 268 g/mol. The summed E-state index contributed by atoms with van der Waals surface area (Å²) in [5.74, 6) is 0.901. The average Bonchev–Trinajstić information content (AvgIpc) is 2.36. The second-order valence-corrected chi connectivity index (χ2v) is 8.40. The van der Waals surface area contributed by atoms with Crippen LogP contribution in [0.25, 0.3) is 6.08 Å². The van der Waals surface area contributed by atoms with E-state index < -0.39 is 0 Å². The fraction of sp³-hybridized carbons (Fsp3) is 0.524. The molecule has 0 aliphatic rings. The average molecular weight is 300 g/mol. The molecule has 0 radical (unpaired) electrons. The topological polar surface area (TPSA) is 9.23 Å². The molecule has 0 atom stereocenters. The van der Waals surface area contributed by atoms with Crippen molar-refractivity contribution in [2.45, 2.75) is 54.4 Å². The third-order valence-corrected chi connectivity index (χ3v) is 3.26. The summed E-state index contributed by atoms with van der Waals surface area (Å²) in [4.78, 5) is 0. The van der Waals surface area contributed by atoms with E-state index in [9.17, 15) is 0 Å². The second-order valence-electron chi connectivity index (χ2n) is 8.40. The largest absolute Gasteiger partial charge is 0.497 e. The van der Waals surface area contributed by atoms with Crippen LogP contribution in [-0.2, 0) is 0 Å². The van der Waals surface area contributed by atoms with Crippen LogP contribution in [0, 0.1) is 10.8 Å². The monoisotopic (exact) mass is 300 g/mol. The van der Waals surface area contributed by atoms with Crippen LogP contribution in [-0.4, -0.2) is 7.11 Å². The Bertz CT molecular complexity index is 504. The molecule has 1 heteroatoms. The Morgan fingerprint density at radius 2 is 1.55 bits per heavy atom. The van der Waals surface area contributed by atoms with E-state index in [1.54, 1.807) is 7.11 Å². The summed E-state index contributed by atoms with van der Waals surface area (Å²) >= 11 is 0. The van der Waals surface area contributed by atoms with E-state index in [-0.39, 0.29) is 5.41 Å². The molecule has 122 valence electrons. The Balaban J connectivity index is 2.95. The molecule has 0 fully saturated rings. The molecule has 0 saturated heterocycles.